The van der Waals surface area contributed by atoms with Gasteiger partial charge in [0.25, 0.3) is 0 Å². The van der Waals surface area contributed by atoms with Crippen LogP contribution in [0.15, 0.2) is 18.2 Å². The summed E-state index contributed by atoms with van der Waals surface area (Å²) < 4.78 is 0. The van der Waals surface area contributed by atoms with Crippen molar-refractivity contribution in [3.8, 4) is 0 Å². The number of ketones is 1. The highest BCUT2D eigenvalue weighted by atomic mass is 35.5. The second kappa shape index (κ2) is 6.53. The van der Waals surface area contributed by atoms with Crippen molar-refractivity contribution in [2.75, 3.05) is 6.61 Å². The Labute approximate surface area is 120 Å². The zero-order valence-electron chi connectivity index (χ0n) is 12.2. The predicted molar refractivity (Wildman–Crippen MR) is 79.7 cm³/mol. The number of rotatable bonds is 5. The van der Waals surface area contributed by atoms with Crippen LogP contribution in [0, 0.1) is 5.92 Å². The molecule has 0 heterocycles. The minimum atomic E-state index is -0.256. The first-order chi connectivity index (χ1) is 8.75. The minimum Gasteiger partial charge on any atom is -0.396 e. The van der Waals surface area contributed by atoms with Crippen LogP contribution in [0.2, 0.25) is 5.02 Å². The van der Waals surface area contributed by atoms with Gasteiger partial charge < -0.3 is 5.11 Å². The summed E-state index contributed by atoms with van der Waals surface area (Å²) in [6.45, 7) is 7.84. The number of carbonyl (C=O) groups excluding carboxylic acids is 1. The topological polar surface area (TPSA) is 37.3 Å². The molecule has 0 spiro atoms. The van der Waals surface area contributed by atoms with Crippen LogP contribution in [-0.4, -0.2) is 17.5 Å². The molecule has 3 heteroatoms. The standard InChI is InChI=1S/C16H23ClO2/c1-11(19)13(10-18)7-5-12-6-8-15(17)14(9-12)16(2,3)4/h6,8-9,13,18H,5,7,10H2,1-4H3/t13-/m1/s1. The largest absolute Gasteiger partial charge is 0.396 e. The molecule has 2 nitrogen and oxygen atoms in total. The van der Waals surface area contributed by atoms with E-state index in [9.17, 15) is 4.79 Å². The molecule has 0 saturated carbocycles. The second-order valence-corrected chi connectivity index (χ2v) is 6.50. The van der Waals surface area contributed by atoms with Crippen molar-refractivity contribution in [1.29, 1.82) is 0 Å². The molecule has 0 bridgehead atoms. The van der Waals surface area contributed by atoms with E-state index in [2.05, 4.69) is 26.8 Å². The van der Waals surface area contributed by atoms with E-state index in [-0.39, 0.29) is 23.7 Å². The monoisotopic (exact) mass is 282 g/mol. The van der Waals surface area contributed by atoms with Crippen molar-refractivity contribution in [3.05, 3.63) is 34.3 Å². The maximum atomic E-state index is 11.3. The molecule has 0 saturated heterocycles. The predicted octanol–water partition coefficient (Wildman–Crippen LogP) is 3.77. The summed E-state index contributed by atoms with van der Waals surface area (Å²) >= 11 is 6.23. The molecule has 0 aromatic heterocycles. The average Bonchev–Trinajstić information content (AvgIpc) is 2.30. The maximum absolute atomic E-state index is 11.3. The highest BCUT2D eigenvalue weighted by Gasteiger charge is 2.18. The molecule has 0 amide bonds. The maximum Gasteiger partial charge on any atom is 0.135 e. The number of aliphatic hydroxyl groups excluding tert-OH is 1. The summed E-state index contributed by atoms with van der Waals surface area (Å²) in [5.41, 5.74) is 2.29. The van der Waals surface area contributed by atoms with Crippen LogP contribution >= 0.6 is 11.6 Å². The Hall–Kier alpha value is -0.860. The van der Waals surface area contributed by atoms with Crippen molar-refractivity contribution >= 4 is 17.4 Å². The zero-order valence-corrected chi connectivity index (χ0v) is 12.9. The van der Waals surface area contributed by atoms with E-state index in [1.54, 1.807) is 0 Å². The van der Waals surface area contributed by atoms with Crippen LogP contribution in [0.5, 0.6) is 0 Å². The van der Waals surface area contributed by atoms with Crippen LogP contribution in [0.25, 0.3) is 0 Å². The Morgan fingerprint density at radius 1 is 1.37 bits per heavy atom. The van der Waals surface area contributed by atoms with Crippen molar-refractivity contribution in [2.24, 2.45) is 5.92 Å². The fourth-order valence-corrected chi connectivity index (χ4v) is 2.47. The number of benzene rings is 1. The number of hydrogen-bond acceptors (Lipinski definition) is 2. The van der Waals surface area contributed by atoms with Crippen LogP contribution in [-0.2, 0) is 16.6 Å². The highest BCUT2D eigenvalue weighted by Crippen LogP contribution is 2.30. The first-order valence-electron chi connectivity index (χ1n) is 6.66. The molecule has 0 unspecified atom stereocenters. The van der Waals surface area contributed by atoms with Gasteiger partial charge >= 0.3 is 0 Å². The third-order valence-electron chi connectivity index (χ3n) is 3.42. The molecule has 1 rings (SSSR count). The van der Waals surface area contributed by atoms with Gasteiger partial charge in [-0.25, -0.2) is 0 Å². The second-order valence-electron chi connectivity index (χ2n) is 6.09. The summed E-state index contributed by atoms with van der Waals surface area (Å²) in [4.78, 5) is 11.3. The normalized spacial score (nSPS) is 13.4. The van der Waals surface area contributed by atoms with Crippen molar-refractivity contribution in [2.45, 2.75) is 46.0 Å². The number of aryl methyl sites for hydroxylation is 1. The van der Waals surface area contributed by atoms with Crippen LogP contribution < -0.4 is 0 Å². The number of halogens is 1. The van der Waals surface area contributed by atoms with E-state index >= 15 is 0 Å². The third kappa shape index (κ3) is 4.63. The van der Waals surface area contributed by atoms with Gasteiger partial charge in [-0.05, 0) is 42.4 Å². The molecule has 1 atom stereocenters. The lowest BCUT2D eigenvalue weighted by Gasteiger charge is -2.21. The average molecular weight is 283 g/mol. The number of Topliss-reactive ketones (excluding diaryl/α,β-unsaturated/α-hetero) is 1. The van der Waals surface area contributed by atoms with Crippen LogP contribution in [0.3, 0.4) is 0 Å². The Bertz CT molecular complexity index is 447. The molecular weight excluding hydrogens is 260 g/mol. The number of hydrogen-bond donors (Lipinski definition) is 1. The first kappa shape index (κ1) is 16.2. The highest BCUT2D eigenvalue weighted by molar-refractivity contribution is 6.31. The van der Waals surface area contributed by atoms with Crippen LogP contribution in [0.4, 0.5) is 0 Å². The molecule has 0 aliphatic heterocycles. The Kier molecular flexibility index (Phi) is 5.57. The zero-order chi connectivity index (χ0) is 14.6. The molecular formula is C16H23ClO2. The van der Waals surface area contributed by atoms with Crippen molar-refractivity contribution in [3.63, 3.8) is 0 Å². The van der Waals surface area contributed by atoms with E-state index in [0.29, 0.717) is 6.42 Å². The third-order valence-corrected chi connectivity index (χ3v) is 3.75. The molecule has 1 aromatic rings. The lowest BCUT2D eigenvalue weighted by atomic mass is 9.85. The fraction of sp³-hybridized carbons (Fsp3) is 0.562. The summed E-state index contributed by atoms with van der Waals surface area (Å²) in [7, 11) is 0. The lowest BCUT2D eigenvalue weighted by molar-refractivity contribution is -0.122. The molecule has 0 aliphatic rings. The van der Waals surface area contributed by atoms with Crippen molar-refractivity contribution in [1.82, 2.24) is 0 Å². The molecule has 19 heavy (non-hydrogen) atoms. The minimum absolute atomic E-state index is 0.00402. The van der Waals surface area contributed by atoms with E-state index in [0.717, 1.165) is 22.6 Å². The molecule has 1 N–H and O–H groups in total. The molecule has 0 radical (unpaired) electrons. The smallest absolute Gasteiger partial charge is 0.135 e. The van der Waals surface area contributed by atoms with Crippen molar-refractivity contribution < 1.29 is 9.90 Å². The Morgan fingerprint density at radius 2 is 2.00 bits per heavy atom. The lowest BCUT2D eigenvalue weighted by Crippen LogP contribution is -2.16. The van der Waals surface area contributed by atoms with Crippen LogP contribution in [0.1, 0.15) is 45.2 Å². The summed E-state index contributed by atoms with van der Waals surface area (Å²) in [5, 5.41) is 9.94. The molecule has 0 aliphatic carbocycles. The molecule has 106 valence electrons. The SMILES string of the molecule is CC(=O)[C@@H](CO)CCc1ccc(Cl)c(C(C)(C)C)c1. The Morgan fingerprint density at radius 3 is 2.47 bits per heavy atom. The molecule has 1 aromatic carbocycles. The number of aliphatic hydroxyl groups is 1. The summed E-state index contributed by atoms with van der Waals surface area (Å²) in [6.07, 6.45) is 1.46. The van der Waals surface area contributed by atoms with Gasteiger partial charge in [0.1, 0.15) is 5.78 Å². The van der Waals surface area contributed by atoms with Gasteiger partial charge in [-0.15, -0.1) is 0 Å². The quantitative estimate of drug-likeness (QED) is 0.893. The van der Waals surface area contributed by atoms with Gasteiger partial charge in [0.05, 0.1) is 6.61 Å². The van der Waals surface area contributed by atoms with E-state index in [4.69, 9.17) is 16.7 Å². The summed E-state index contributed by atoms with van der Waals surface area (Å²) in [5.74, 6) is -0.207. The van der Waals surface area contributed by atoms with E-state index < -0.39 is 0 Å². The van der Waals surface area contributed by atoms with E-state index in [1.807, 2.05) is 12.1 Å². The van der Waals surface area contributed by atoms with Gasteiger partial charge in [0.15, 0.2) is 0 Å². The molecule has 0 fully saturated rings. The van der Waals surface area contributed by atoms with Gasteiger partial charge in [0.2, 0.25) is 0 Å². The Balaban J connectivity index is 2.83. The van der Waals surface area contributed by atoms with Gasteiger partial charge in [-0.1, -0.05) is 44.5 Å². The summed E-state index contributed by atoms with van der Waals surface area (Å²) in [6, 6.07) is 6.02. The first-order valence-corrected chi connectivity index (χ1v) is 7.03. The van der Waals surface area contributed by atoms with Gasteiger partial charge in [0, 0.05) is 10.9 Å². The fourth-order valence-electron chi connectivity index (χ4n) is 2.07. The number of carbonyl (C=O) groups is 1. The van der Waals surface area contributed by atoms with Gasteiger partial charge in [-0.3, -0.25) is 4.79 Å². The van der Waals surface area contributed by atoms with E-state index in [1.165, 1.54) is 6.92 Å². The van der Waals surface area contributed by atoms with Gasteiger partial charge in [-0.2, -0.15) is 0 Å².